The maximum absolute atomic E-state index is 10.9. The van der Waals surface area contributed by atoms with Crippen LogP contribution >= 0.6 is 0 Å². The van der Waals surface area contributed by atoms with E-state index in [2.05, 4.69) is 4.18 Å². The van der Waals surface area contributed by atoms with E-state index in [-0.39, 0.29) is 71.0 Å². The van der Waals surface area contributed by atoms with Gasteiger partial charge in [0, 0.05) is 5.25 Å². The Morgan fingerprint density at radius 3 is 1.32 bits per heavy atom. The molecule has 0 N–H and O–H groups in total. The second-order valence-electron chi connectivity index (χ2n) is 3.83. The molecule has 0 spiro atoms. The predicted molar refractivity (Wildman–Crippen MR) is 75.7 cm³/mol. The van der Waals surface area contributed by atoms with Crippen molar-refractivity contribution in [3.8, 4) is 0 Å². The molecular weight excluding hydrogens is 354 g/mol. The zero-order valence-electron chi connectivity index (χ0n) is 15.0. The summed E-state index contributed by atoms with van der Waals surface area (Å²) in [6.45, 7) is 8.43. The average molecular weight is 380 g/mol. The van der Waals surface area contributed by atoms with E-state index in [9.17, 15) is 21.4 Å². The van der Waals surface area contributed by atoms with Crippen molar-refractivity contribution in [1.82, 2.24) is 0 Å². The van der Waals surface area contributed by atoms with Crippen LogP contribution in [0.1, 0.15) is 47.5 Å². The Kier molecular flexibility index (Phi) is 30.4. The van der Waals surface area contributed by atoms with Crippen molar-refractivity contribution < 1.29 is 89.8 Å². The van der Waals surface area contributed by atoms with Crippen LogP contribution in [0, 0.1) is 0 Å². The Morgan fingerprint density at radius 1 is 0.864 bits per heavy atom. The van der Waals surface area contributed by atoms with E-state index >= 15 is 0 Å². The van der Waals surface area contributed by atoms with Gasteiger partial charge in [0.05, 0.1) is 22.0 Å². The molecule has 0 saturated heterocycles. The Morgan fingerprint density at radius 2 is 1.18 bits per heavy atom. The van der Waals surface area contributed by atoms with Crippen molar-refractivity contribution in [2.45, 2.75) is 58.0 Å². The Bertz CT molecular complexity index is 410. The molecular formula is C11H26Na2O7S2. The summed E-state index contributed by atoms with van der Waals surface area (Å²) in [5, 5.41) is 7.13. The predicted octanol–water partition coefficient (Wildman–Crippen LogP) is -5.53. The van der Waals surface area contributed by atoms with Gasteiger partial charge in [-0.05, 0) is 33.6 Å². The minimum atomic E-state index is -4.00. The van der Waals surface area contributed by atoms with Gasteiger partial charge in [0.1, 0.15) is 0 Å². The number of hydrogen-bond donors (Lipinski definition) is 0. The third-order valence-corrected chi connectivity index (χ3v) is 5.62. The van der Waals surface area contributed by atoms with Crippen LogP contribution in [0.25, 0.3) is 0 Å². The summed E-state index contributed by atoms with van der Waals surface area (Å²) >= 11 is 0. The summed E-state index contributed by atoms with van der Waals surface area (Å²) in [6.07, 6.45) is 0.994. The van der Waals surface area contributed by atoms with Gasteiger partial charge in [-0.3, -0.25) is 4.18 Å². The van der Waals surface area contributed by atoms with Crippen LogP contribution < -0.4 is 64.2 Å². The van der Waals surface area contributed by atoms with Crippen LogP contribution in [-0.2, 0) is 24.4 Å². The largest absolute Gasteiger partial charge is 1.00 e. The summed E-state index contributed by atoms with van der Waals surface area (Å²) in [6, 6.07) is 0. The third-order valence-electron chi connectivity index (χ3n) is 2.42. The summed E-state index contributed by atoms with van der Waals surface area (Å²) in [5.74, 6) is 0. The monoisotopic (exact) mass is 380 g/mol. The van der Waals surface area contributed by atoms with Gasteiger partial charge in [0.2, 0.25) is 0 Å². The van der Waals surface area contributed by atoms with Gasteiger partial charge in [-0.15, -0.1) is 0 Å². The fraction of sp³-hybridized carbons (Fsp3) is 1.00. The van der Waals surface area contributed by atoms with Crippen molar-refractivity contribution in [1.29, 1.82) is 0 Å². The van der Waals surface area contributed by atoms with E-state index in [0.717, 1.165) is 7.11 Å². The van der Waals surface area contributed by atoms with Crippen LogP contribution in [0.5, 0.6) is 0 Å². The summed E-state index contributed by atoms with van der Waals surface area (Å²) in [7, 11) is -6.51. The van der Waals surface area contributed by atoms with Crippen LogP contribution in [0.4, 0.5) is 0 Å². The van der Waals surface area contributed by atoms with Crippen molar-refractivity contribution in [3.63, 3.8) is 0 Å². The van der Waals surface area contributed by atoms with Gasteiger partial charge >= 0.3 is 59.1 Å². The normalized spacial score (nSPS) is 12.9. The molecule has 0 aliphatic rings. The fourth-order valence-electron chi connectivity index (χ4n) is 0.689. The zero-order valence-corrected chi connectivity index (χ0v) is 20.6. The fourth-order valence-corrected chi connectivity index (χ4v) is 2.07. The van der Waals surface area contributed by atoms with Gasteiger partial charge in [-0.2, -0.15) is 15.5 Å². The maximum atomic E-state index is 10.9. The first-order chi connectivity index (χ1) is 9.02. The molecule has 0 aromatic carbocycles. The molecule has 0 radical (unpaired) electrons. The van der Waals surface area contributed by atoms with Crippen LogP contribution in [0.2, 0.25) is 0 Å². The van der Waals surface area contributed by atoms with Gasteiger partial charge < -0.3 is 9.66 Å². The second-order valence-corrected chi connectivity index (χ2v) is 7.65. The molecule has 0 aliphatic carbocycles. The zero-order chi connectivity index (χ0) is 17.0. The van der Waals surface area contributed by atoms with E-state index in [1.807, 2.05) is 6.92 Å². The molecule has 0 aromatic rings. The molecule has 0 saturated carbocycles. The Labute approximate surface area is 180 Å². The molecule has 0 aromatic heterocycles. The Balaban J connectivity index is -0.0000000737. The molecule has 2 atom stereocenters. The third kappa shape index (κ3) is 19.8. The topological polar surface area (TPSA) is 124 Å². The Hall–Kier alpha value is 1.78. The van der Waals surface area contributed by atoms with Gasteiger partial charge in [0.15, 0.2) is 0 Å². The number of hydrogen-bond acceptors (Lipinski definition) is 7. The van der Waals surface area contributed by atoms with Crippen LogP contribution in [0.15, 0.2) is 0 Å². The summed E-state index contributed by atoms with van der Waals surface area (Å²) in [5.41, 5.74) is 0. The molecule has 22 heavy (non-hydrogen) atoms. The standard InChI is InChI=1S/C6H14O3S.C4H10O3S.CH3O.2Na/c1-4-6(3)10(7,8)9-5-2;1-3-4(2)8(5,6)7;1-2;;/h6H,4-5H2,1-3H3;4H,3H2,1-2H3,(H,5,6,7);1H3;;/q;;-1;2*+1/p-1. The van der Waals surface area contributed by atoms with Gasteiger partial charge in [-0.1, -0.05) is 13.8 Å². The summed E-state index contributed by atoms with van der Waals surface area (Å²) < 4.78 is 56.5. The molecule has 0 aliphatic heterocycles. The first-order valence-electron chi connectivity index (χ1n) is 6.26. The first-order valence-corrected chi connectivity index (χ1v) is 9.20. The van der Waals surface area contributed by atoms with Crippen LogP contribution in [-0.4, -0.2) is 45.6 Å². The maximum Gasteiger partial charge on any atom is 1.00 e. The quantitative estimate of drug-likeness (QED) is 0.256. The van der Waals surface area contributed by atoms with Gasteiger partial charge in [-0.25, -0.2) is 8.42 Å². The molecule has 0 heterocycles. The van der Waals surface area contributed by atoms with E-state index in [4.69, 9.17) is 5.11 Å². The molecule has 0 bridgehead atoms. The van der Waals surface area contributed by atoms with E-state index < -0.39 is 25.5 Å². The molecule has 0 rings (SSSR count). The molecule has 7 nitrogen and oxygen atoms in total. The van der Waals surface area contributed by atoms with Gasteiger partial charge in [0.25, 0.3) is 10.1 Å². The first kappa shape index (κ1) is 35.0. The molecule has 11 heteroatoms. The molecule has 126 valence electrons. The van der Waals surface area contributed by atoms with E-state index in [1.54, 1.807) is 20.8 Å². The molecule has 0 fully saturated rings. The minimum Gasteiger partial charge on any atom is -0.857 e. The minimum absolute atomic E-state index is 0. The average Bonchev–Trinajstić information content (AvgIpc) is 2.38. The second kappa shape index (κ2) is 19.1. The van der Waals surface area contributed by atoms with Crippen molar-refractivity contribution in [2.75, 3.05) is 13.7 Å². The molecule has 0 amide bonds. The van der Waals surface area contributed by atoms with Crippen molar-refractivity contribution in [3.05, 3.63) is 0 Å². The van der Waals surface area contributed by atoms with E-state index in [0.29, 0.717) is 12.8 Å². The SMILES string of the molecule is CCC(C)S(=O)(=O)[O-].CCOS(=O)(=O)C(C)CC.C[O-].[Na+].[Na+]. The molecule has 2 unspecified atom stereocenters. The van der Waals surface area contributed by atoms with Crippen molar-refractivity contribution >= 4 is 20.2 Å². The van der Waals surface area contributed by atoms with E-state index in [1.165, 1.54) is 6.92 Å². The van der Waals surface area contributed by atoms with Crippen molar-refractivity contribution in [2.24, 2.45) is 0 Å². The smallest absolute Gasteiger partial charge is 0.857 e. The summed E-state index contributed by atoms with van der Waals surface area (Å²) in [4.78, 5) is 0. The van der Waals surface area contributed by atoms with Crippen LogP contribution in [0.3, 0.4) is 0 Å². The number of rotatable bonds is 6.